The fraction of sp³-hybridized carbons (Fsp3) is 0.500. The molecule has 3 aromatic heterocycles. The minimum absolute atomic E-state index is 0.282. The Bertz CT molecular complexity index is 746. The molecule has 0 spiro atoms. The molecule has 1 atom stereocenters. The van der Waals surface area contributed by atoms with Crippen molar-refractivity contribution in [1.29, 1.82) is 0 Å². The van der Waals surface area contributed by atoms with Crippen molar-refractivity contribution in [1.82, 2.24) is 24.5 Å². The molecule has 0 fully saturated rings. The zero-order chi connectivity index (χ0) is 15.1. The van der Waals surface area contributed by atoms with Gasteiger partial charge in [-0.1, -0.05) is 11.3 Å². The van der Waals surface area contributed by atoms with Gasteiger partial charge in [-0.25, -0.2) is 9.67 Å². The van der Waals surface area contributed by atoms with Gasteiger partial charge in [0.2, 0.25) is 0 Å². The maximum atomic E-state index is 4.60. The zero-order valence-electron chi connectivity index (χ0n) is 13.0. The number of aryl methyl sites for hydroxylation is 4. The van der Waals surface area contributed by atoms with E-state index in [2.05, 4.69) is 45.1 Å². The Morgan fingerprint density at radius 3 is 2.67 bits per heavy atom. The molecule has 1 N–H and O–H groups in total. The average molecular weight is 304 g/mol. The summed E-state index contributed by atoms with van der Waals surface area (Å²) in [6.07, 6.45) is 0. The van der Waals surface area contributed by atoms with Gasteiger partial charge in [0.05, 0.1) is 22.1 Å². The van der Waals surface area contributed by atoms with Gasteiger partial charge in [-0.3, -0.25) is 4.68 Å². The molecule has 0 unspecified atom stereocenters. The number of aromatic nitrogens is 5. The molecule has 21 heavy (non-hydrogen) atoms. The van der Waals surface area contributed by atoms with Crippen molar-refractivity contribution in [3.8, 4) is 0 Å². The summed E-state index contributed by atoms with van der Waals surface area (Å²) >= 11 is 1.66. The largest absolute Gasteiger partial charge is 0.359 e. The Morgan fingerprint density at radius 1 is 1.29 bits per heavy atom. The topological polar surface area (TPSA) is 60.6 Å². The maximum Gasteiger partial charge on any atom is 0.185 e. The third kappa shape index (κ3) is 2.53. The number of nitrogens with one attached hydrogen (secondary N) is 1. The lowest BCUT2D eigenvalue weighted by Gasteiger charge is -2.14. The molecule has 0 saturated carbocycles. The fourth-order valence-electron chi connectivity index (χ4n) is 2.57. The third-order valence-electron chi connectivity index (χ3n) is 3.56. The van der Waals surface area contributed by atoms with Crippen LogP contribution in [0.5, 0.6) is 0 Å². The van der Waals surface area contributed by atoms with E-state index in [0.717, 1.165) is 33.4 Å². The van der Waals surface area contributed by atoms with Crippen LogP contribution in [0.4, 0.5) is 5.13 Å². The van der Waals surface area contributed by atoms with E-state index >= 15 is 0 Å². The highest BCUT2D eigenvalue weighted by atomic mass is 32.1. The standard InChI is InChI=1S/C14H20N6S/c1-8-6-9(2)20(17-8)10(3)7-15-14-16-13-12(21-14)11(4)18-19(13)5/h6,10H,7H2,1-5H3,(H,15,16)/t10-/m1/s1. The zero-order valence-corrected chi connectivity index (χ0v) is 13.8. The summed E-state index contributed by atoms with van der Waals surface area (Å²) < 4.78 is 5.04. The molecule has 0 aromatic carbocycles. The third-order valence-corrected chi connectivity index (χ3v) is 4.67. The molecular weight excluding hydrogens is 284 g/mol. The van der Waals surface area contributed by atoms with Gasteiger partial charge >= 0.3 is 0 Å². The lowest BCUT2D eigenvalue weighted by molar-refractivity contribution is 0.498. The van der Waals surface area contributed by atoms with Crippen LogP contribution in [0.1, 0.15) is 30.0 Å². The second kappa shape index (κ2) is 5.14. The van der Waals surface area contributed by atoms with Crippen molar-refractivity contribution >= 4 is 26.8 Å². The van der Waals surface area contributed by atoms with Crippen LogP contribution in [-0.2, 0) is 7.05 Å². The molecule has 3 heterocycles. The highest BCUT2D eigenvalue weighted by Crippen LogP contribution is 2.28. The van der Waals surface area contributed by atoms with Gasteiger partial charge in [-0.15, -0.1) is 0 Å². The fourth-order valence-corrected chi connectivity index (χ4v) is 3.51. The molecular formula is C14H20N6S. The maximum absolute atomic E-state index is 4.60. The number of anilines is 1. The van der Waals surface area contributed by atoms with Crippen LogP contribution in [0.3, 0.4) is 0 Å². The minimum atomic E-state index is 0.282. The van der Waals surface area contributed by atoms with E-state index in [9.17, 15) is 0 Å². The summed E-state index contributed by atoms with van der Waals surface area (Å²) in [6.45, 7) is 9.08. The molecule has 0 aliphatic heterocycles. The first-order valence-electron chi connectivity index (χ1n) is 7.02. The SMILES string of the molecule is Cc1cc(C)n([C@H](C)CNc2nc3c(s2)c(C)nn3C)n1. The number of thiazole rings is 1. The van der Waals surface area contributed by atoms with Crippen molar-refractivity contribution in [2.45, 2.75) is 33.7 Å². The van der Waals surface area contributed by atoms with Crippen molar-refractivity contribution in [2.75, 3.05) is 11.9 Å². The van der Waals surface area contributed by atoms with E-state index in [1.165, 1.54) is 5.69 Å². The molecule has 0 amide bonds. The molecule has 0 radical (unpaired) electrons. The lowest BCUT2D eigenvalue weighted by Crippen LogP contribution is -2.18. The smallest absolute Gasteiger partial charge is 0.185 e. The minimum Gasteiger partial charge on any atom is -0.359 e. The molecule has 3 aromatic rings. The van der Waals surface area contributed by atoms with Crippen molar-refractivity contribution in [3.05, 3.63) is 23.1 Å². The van der Waals surface area contributed by atoms with Crippen LogP contribution >= 0.6 is 11.3 Å². The summed E-state index contributed by atoms with van der Waals surface area (Å²) in [7, 11) is 1.93. The van der Waals surface area contributed by atoms with E-state index in [4.69, 9.17) is 0 Å². The van der Waals surface area contributed by atoms with Gasteiger partial charge < -0.3 is 5.32 Å². The summed E-state index contributed by atoms with van der Waals surface area (Å²) in [4.78, 5) is 4.60. The first kappa shape index (κ1) is 14.1. The number of fused-ring (bicyclic) bond motifs is 1. The highest BCUT2D eigenvalue weighted by molar-refractivity contribution is 7.22. The average Bonchev–Trinajstić information content (AvgIpc) is 3.05. The molecule has 3 rings (SSSR count). The number of rotatable bonds is 4. The Hall–Kier alpha value is -1.89. The quantitative estimate of drug-likeness (QED) is 0.805. The Balaban J connectivity index is 1.74. The summed E-state index contributed by atoms with van der Waals surface area (Å²) in [5.74, 6) is 0. The summed E-state index contributed by atoms with van der Waals surface area (Å²) in [5, 5.41) is 13.3. The Labute approximate surface area is 127 Å². The van der Waals surface area contributed by atoms with Crippen LogP contribution in [0.15, 0.2) is 6.07 Å². The molecule has 0 aliphatic carbocycles. The van der Waals surface area contributed by atoms with Crippen LogP contribution in [-0.4, -0.2) is 31.1 Å². The van der Waals surface area contributed by atoms with Gasteiger partial charge in [-0.2, -0.15) is 10.2 Å². The van der Waals surface area contributed by atoms with Gasteiger partial charge in [0.25, 0.3) is 0 Å². The monoisotopic (exact) mass is 304 g/mol. The highest BCUT2D eigenvalue weighted by Gasteiger charge is 2.13. The predicted molar refractivity (Wildman–Crippen MR) is 86.0 cm³/mol. The van der Waals surface area contributed by atoms with Crippen molar-refractivity contribution in [3.63, 3.8) is 0 Å². The molecule has 0 bridgehead atoms. The lowest BCUT2D eigenvalue weighted by atomic mass is 10.3. The number of nitrogens with zero attached hydrogens (tertiary/aromatic N) is 5. The van der Waals surface area contributed by atoms with E-state index in [0.29, 0.717) is 0 Å². The number of hydrogen-bond donors (Lipinski definition) is 1. The normalized spacial score (nSPS) is 13.0. The second-order valence-corrected chi connectivity index (χ2v) is 6.48. The first-order valence-corrected chi connectivity index (χ1v) is 7.84. The molecule has 6 nitrogen and oxygen atoms in total. The number of hydrogen-bond acceptors (Lipinski definition) is 5. The van der Waals surface area contributed by atoms with Crippen LogP contribution in [0.2, 0.25) is 0 Å². The first-order chi connectivity index (χ1) is 9.95. The van der Waals surface area contributed by atoms with E-state index in [-0.39, 0.29) is 6.04 Å². The molecule has 0 saturated heterocycles. The second-order valence-electron chi connectivity index (χ2n) is 5.48. The van der Waals surface area contributed by atoms with Crippen LogP contribution < -0.4 is 5.32 Å². The van der Waals surface area contributed by atoms with Gasteiger partial charge in [0, 0.05) is 19.3 Å². The Kier molecular flexibility index (Phi) is 3.44. The summed E-state index contributed by atoms with van der Waals surface area (Å²) in [6, 6.07) is 2.38. The Morgan fingerprint density at radius 2 is 2.05 bits per heavy atom. The van der Waals surface area contributed by atoms with Crippen LogP contribution in [0, 0.1) is 20.8 Å². The van der Waals surface area contributed by atoms with Crippen LogP contribution in [0.25, 0.3) is 10.3 Å². The van der Waals surface area contributed by atoms with E-state index < -0.39 is 0 Å². The predicted octanol–water partition coefficient (Wildman–Crippen LogP) is 2.82. The summed E-state index contributed by atoms with van der Waals surface area (Å²) in [5.41, 5.74) is 4.22. The molecule has 7 heteroatoms. The van der Waals surface area contributed by atoms with Gasteiger partial charge in [0.1, 0.15) is 0 Å². The van der Waals surface area contributed by atoms with E-state index in [1.807, 2.05) is 25.6 Å². The van der Waals surface area contributed by atoms with Crippen molar-refractivity contribution in [2.24, 2.45) is 7.05 Å². The molecule has 112 valence electrons. The van der Waals surface area contributed by atoms with Gasteiger partial charge in [0.15, 0.2) is 10.8 Å². The molecule has 0 aliphatic rings. The van der Waals surface area contributed by atoms with E-state index in [1.54, 1.807) is 11.3 Å². The van der Waals surface area contributed by atoms with Crippen molar-refractivity contribution < 1.29 is 0 Å². The van der Waals surface area contributed by atoms with Gasteiger partial charge in [-0.05, 0) is 33.8 Å².